The van der Waals surface area contributed by atoms with Crippen molar-refractivity contribution in [2.45, 2.75) is 24.5 Å². The van der Waals surface area contributed by atoms with Gasteiger partial charge in [0, 0.05) is 31.2 Å². The first-order valence-corrected chi connectivity index (χ1v) is 8.57. The number of piperidine rings is 1. The number of carbonyl (C=O) groups excluding carboxylic acids is 1. The van der Waals surface area contributed by atoms with Crippen molar-refractivity contribution in [2.24, 2.45) is 17.4 Å². The van der Waals surface area contributed by atoms with Crippen LogP contribution in [0.25, 0.3) is 0 Å². The van der Waals surface area contributed by atoms with E-state index in [0.717, 1.165) is 25.9 Å². The maximum atomic E-state index is 12.0. The Morgan fingerprint density at radius 3 is 2.72 bits per heavy atom. The van der Waals surface area contributed by atoms with Gasteiger partial charge in [-0.2, -0.15) is 0 Å². The van der Waals surface area contributed by atoms with E-state index in [1.807, 2.05) is 12.1 Å². The Bertz CT molecular complexity index is 640. The van der Waals surface area contributed by atoms with Crippen molar-refractivity contribution in [1.82, 2.24) is 10.3 Å². The molecule has 25 heavy (non-hydrogen) atoms. The third-order valence-electron chi connectivity index (χ3n) is 4.76. The van der Waals surface area contributed by atoms with Crippen LogP contribution in [-0.2, 0) is 4.74 Å². The quantitative estimate of drug-likeness (QED) is 0.708. The number of ether oxygens (including phenoxy) is 1. The van der Waals surface area contributed by atoms with Gasteiger partial charge in [0.25, 0.3) is 0 Å². The van der Waals surface area contributed by atoms with E-state index in [2.05, 4.69) is 15.2 Å². The molecule has 5 N–H and O–H groups in total. The van der Waals surface area contributed by atoms with Gasteiger partial charge >= 0.3 is 6.09 Å². The molecule has 0 bridgehead atoms. The molecule has 0 spiro atoms. The van der Waals surface area contributed by atoms with Gasteiger partial charge in [-0.15, -0.1) is 0 Å². The van der Waals surface area contributed by atoms with E-state index in [9.17, 15) is 4.79 Å². The van der Waals surface area contributed by atoms with E-state index in [1.165, 1.54) is 5.69 Å². The Labute approximate surface area is 147 Å². The summed E-state index contributed by atoms with van der Waals surface area (Å²) < 4.78 is 5.37. The monoisotopic (exact) mass is 343 g/mol. The van der Waals surface area contributed by atoms with Crippen LogP contribution in [0.15, 0.2) is 48.8 Å². The van der Waals surface area contributed by atoms with Crippen LogP contribution in [-0.4, -0.2) is 42.5 Å². The summed E-state index contributed by atoms with van der Waals surface area (Å²) in [5.74, 6) is 0.355. The second-order valence-electron chi connectivity index (χ2n) is 6.56. The van der Waals surface area contributed by atoms with Gasteiger partial charge in [0.1, 0.15) is 5.66 Å². The number of nitrogens with zero attached hydrogens (tertiary/aromatic N) is 2. The van der Waals surface area contributed by atoms with E-state index in [1.54, 1.807) is 36.7 Å². The summed E-state index contributed by atoms with van der Waals surface area (Å²) in [6, 6.07) is 3.55. The Kier molecular flexibility index (Phi) is 5.35. The normalized spacial score (nSPS) is 26.5. The van der Waals surface area contributed by atoms with Crippen LogP contribution in [0.1, 0.15) is 12.8 Å². The van der Waals surface area contributed by atoms with Crippen molar-refractivity contribution < 1.29 is 9.53 Å². The van der Waals surface area contributed by atoms with Crippen LogP contribution < -0.4 is 21.7 Å². The minimum Gasteiger partial charge on any atom is -0.449 e. The zero-order valence-corrected chi connectivity index (χ0v) is 14.2. The Morgan fingerprint density at radius 1 is 1.32 bits per heavy atom. The zero-order chi connectivity index (χ0) is 17.7. The molecule has 1 saturated heterocycles. The molecule has 2 aliphatic rings. The Balaban J connectivity index is 1.42. The number of pyridine rings is 1. The number of rotatable bonds is 4. The third kappa shape index (κ3) is 4.37. The van der Waals surface area contributed by atoms with E-state index >= 15 is 0 Å². The lowest BCUT2D eigenvalue weighted by molar-refractivity contribution is 0.112. The molecular formula is C18H25N5O2. The minimum absolute atomic E-state index is 0.355. The fraction of sp³-hybridized carbons (Fsp3) is 0.444. The smallest absolute Gasteiger partial charge is 0.408 e. The third-order valence-corrected chi connectivity index (χ3v) is 4.76. The fourth-order valence-electron chi connectivity index (χ4n) is 3.11. The minimum atomic E-state index is -1.10. The molecule has 1 amide bonds. The first-order valence-electron chi connectivity index (χ1n) is 8.57. The van der Waals surface area contributed by atoms with Gasteiger partial charge in [-0.05, 0) is 37.0 Å². The van der Waals surface area contributed by atoms with Crippen molar-refractivity contribution in [3.05, 3.63) is 48.8 Å². The molecule has 1 aromatic rings. The summed E-state index contributed by atoms with van der Waals surface area (Å²) >= 11 is 0. The number of anilines is 1. The van der Waals surface area contributed by atoms with Gasteiger partial charge in [0.2, 0.25) is 0 Å². The van der Waals surface area contributed by atoms with Crippen molar-refractivity contribution >= 4 is 11.8 Å². The van der Waals surface area contributed by atoms with Crippen molar-refractivity contribution in [2.75, 3.05) is 24.6 Å². The summed E-state index contributed by atoms with van der Waals surface area (Å²) in [4.78, 5) is 18.4. The van der Waals surface area contributed by atoms with Gasteiger partial charge in [0.15, 0.2) is 0 Å². The standard InChI is InChI=1S/C18H25N5O2/c19-16-3-1-2-8-18(16,20)22-17(24)25-13-14-6-11-23(12-7-14)15-4-9-21-10-5-15/h1-5,8-10,14,16H,6-7,11-13,19-20H2,(H,22,24). The molecule has 0 radical (unpaired) electrons. The van der Waals surface area contributed by atoms with Crippen LogP contribution in [0.3, 0.4) is 0 Å². The van der Waals surface area contributed by atoms with Gasteiger partial charge in [0.05, 0.1) is 12.6 Å². The summed E-state index contributed by atoms with van der Waals surface area (Å²) in [6.07, 6.45) is 12.0. The summed E-state index contributed by atoms with van der Waals surface area (Å²) in [5, 5.41) is 2.66. The molecule has 1 aliphatic heterocycles. The largest absolute Gasteiger partial charge is 0.449 e. The molecule has 3 rings (SSSR count). The number of amides is 1. The van der Waals surface area contributed by atoms with Crippen LogP contribution in [0.5, 0.6) is 0 Å². The highest BCUT2D eigenvalue weighted by Gasteiger charge is 2.32. The molecule has 0 aromatic carbocycles. The first-order chi connectivity index (χ1) is 12.1. The molecule has 2 unspecified atom stereocenters. The highest BCUT2D eigenvalue weighted by Crippen LogP contribution is 2.23. The number of nitrogens with two attached hydrogens (primary N) is 2. The first kappa shape index (κ1) is 17.4. The highest BCUT2D eigenvalue weighted by molar-refractivity contribution is 5.69. The maximum absolute atomic E-state index is 12.0. The maximum Gasteiger partial charge on any atom is 0.408 e. The Morgan fingerprint density at radius 2 is 2.04 bits per heavy atom. The molecule has 7 nitrogen and oxygen atoms in total. The van der Waals surface area contributed by atoms with E-state index in [0.29, 0.717) is 12.5 Å². The predicted octanol–water partition coefficient (Wildman–Crippen LogP) is 1.13. The zero-order valence-electron chi connectivity index (χ0n) is 14.2. The van der Waals surface area contributed by atoms with E-state index in [-0.39, 0.29) is 0 Å². The lowest BCUT2D eigenvalue weighted by atomic mass is 9.97. The second kappa shape index (κ2) is 7.67. The van der Waals surface area contributed by atoms with Crippen molar-refractivity contribution in [1.29, 1.82) is 0 Å². The molecule has 0 saturated carbocycles. The Hall–Kier alpha value is -2.38. The number of nitrogens with one attached hydrogen (secondary N) is 1. The molecule has 2 atom stereocenters. The number of allylic oxidation sites excluding steroid dienone is 2. The van der Waals surface area contributed by atoms with Crippen LogP contribution in [0.2, 0.25) is 0 Å². The number of hydrogen-bond donors (Lipinski definition) is 3. The number of aromatic nitrogens is 1. The average molecular weight is 343 g/mol. The SMILES string of the molecule is NC1C=CC=CC1(N)NC(=O)OCC1CCN(c2ccncc2)CC1. The van der Waals surface area contributed by atoms with Gasteiger partial charge in [-0.25, -0.2) is 4.79 Å². The van der Waals surface area contributed by atoms with Crippen LogP contribution in [0, 0.1) is 5.92 Å². The van der Waals surface area contributed by atoms with Crippen LogP contribution >= 0.6 is 0 Å². The molecule has 1 aromatic heterocycles. The molecular weight excluding hydrogens is 318 g/mol. The lowest BCUT2D eigenvalue weighted by Crippen LogP contribution is -2.65. The fourth-order valence-corrected chi connectivity index (χ4v) is 3.11. The highest BCUT2D eigenvalue weighted by atomic mass is 16.5. The molecule has 1 aliphatic carbocycles. The van der Waals surface area contributed by atoms with E-state index in [4.69, 9.17) is 16.2 Å². The van der Waals surface area contributed by atoms with Crippen molar-refractivity contribution in [3.63, 3.8) is 0 Å². The summed E-state index contributed by atoms with van der Waals surface area (Å²) in [6.45, 7) is 2.28. The molecule has 7 heteroatoms. The van der Waals surface area contributed by atoms with Gasteiger partial charge in [-0.3, -0.25) is 10.3 Å². The summed E-state index contributed by atoms with van der Waals surface area (Å²) in [5.41, 5.74) is 12.1. The number of carbonyl (C=O) groups is 1. The second-order valence-corrected chi connectivity index (χ2v) is 6.56. The topological polar surface area (TPSA) is 106 Å². The summed E-state index contributed by atoms with van der Waals surface area (Å²) in [7, 11) is 0. The molecule has 2 heterocycles. The van der Waals surface area contributed by atoms with Crippen molar-refractivity contribution in [3.8, 4) is 0 Å². The molecule has 134 valence electrons. The predicted molar refractivity (Wildman–Crippen MR) is 96.8 cm³/mol. The van der Waals surface area contributed by atoms with Crippen LogP contribution in [0.4, 0.5) is 10.5 Å². The van der Waals surface area contributed by atoms with Gasteiger partial charge < -0.3 is 21.1 Å². The molecule has 1 fully saturated rings. The average Bonchev–Trinajstić information content (AvgIpc) is 2.64. The lowest BCUT2D eigenvalue weighted by Gasteiger charge is -2.34. The van der Waals surface area contributed by atoms with Gasteiger partial charge in [-0.1, -0.05) is 18.2 Å². The van der Waals surface area contributed by atoms with E-state index < -0.39 is 17.8 Å². The number of hydrogen-bond acceptors (Lipinski definition) is 6. The number of alkyl carbamates (subject to hydrolysis) is 1.